The van der Waals surface area contributed by atoms with E-state index in [9.17, 15) is 0 Å². The Morgan fingerprint density at radius 1 is 1.00 bits per heavy atom. The van der Waals surface area contributed by atoms with Crippen LogP contribution >= 0.6 is 11.3 Å². The van der Waals surface area contributed by atoms with Gasteiger partial charge in [0, 0.05) is 17.0 Å². The van der Waals surface area contributed by atoms with Gasteiger partial charge in [-0.1, -0.05) is 70.9 Å². The minimum absolute atomic E-state index is 0.812. The molecule has 3 heteroatoms. The molecule has 0 amide bonds. The van der Waals surface area contributed by atoms with Crippen LogP contribution in [0.15, 0.2) is 35.7 Å². The van der Waals surface area contributed by atoms with Crippen LogP contribution in [0.3, 0.4) is 0 Å². The standard InChI is InChI=1S/C24H36NOS/c1-3-5-6-7-8-9-10-11-17-26-23-15-14-21(20-25-16-4-2)19-22(23)24-13-12-18-27-24/h12-15,18-19,25H,2-11,16-17,20H2,1H3. The first kappa shape index (κ1) is 22.0. The van der Waals surface area contributed by atoms with Gasteiger partial charge in [0.05, 0.1) is 6.61 Å². The number of unbranched alkanes of at least 4 members (excludes halogenated alkanes) is 7. The minimum atomic E-state index is 0.812. The van der Waals surface area contributed by atoms with E-state index in [0.717, 1.165) is 38.3 Å². The molecule has 1 aromatic carbocycles. The van der Waals surface area contributed by atoms with Crippen molar-refractivity contribution < 1.29 is 4.74 Å². The van der Waals surface area contributed by atoms with Gasteiger partial charge in [-0.25, -0.2) is 0 Å². The van der Waals surface area contributed by atoms with Crippen molar-refractivity contribution in [3.8, 4) is 16.2 Å². The predicted octanol–water partition coefficient (Wildman–Crippen LogP) is 7.25. The number of hydrogen-bond acceptors (Lipinski definition) is 3. The van der Waals surface area contributed by atoms with E-state index >= 15 is 0 Å². The molecule has 0 aliphatic heterocycles. The maximum Gasteiger partial charge on any atom is 0.127 e. The van der Waals surface area contributed by atoms with E-state index < -0.39 is 0 Å². The van der Waals surface area contributed by atoms with Gasteiger partial charge < -0.3 is 10.1 Å². The third-order valence-electron chi connectivity index (χ3n) is 4.77. The molecule has 1 N–H and O–H groups in total. The topological polar surface area (TPSA) is 21.3 Å². The zero-order valence-electron chi connectivity index (χ0n) is 17.0. The Bertz CT molecular complexity index is 609. The first-order valence-electron chi connectivity index (χ1n) is 10.6. The van der Waals surface area contributed by atoms with Crippen LogP contribution in [0.5, 0.6) is 5.75 Å². The van der Waals surface area contributed by atoms with Gasteiger partial charge in [0.2, 0.25) is 0 Å². The van der Waals surface area contributed by atoms with Crippen molar-refractivity contribution in [1.82, 2.24) is 5.32 Å². The second kappa shape index (κ2) is 13.8. The zero-order valence-corrected chi connectivity index (χ0v) is 17.8. The molecule has 2 aromatic rings. The molecule has 0 atom stereocenters. The largest absolute Gasteiger partial charge is 0.493 e. The summed E-state index contributed by atoms with van der Waals surface area (Å²) < 4.78 is 6.16. The molecule has 0 fully saturated rings. The summed E-state index contributed by atoms with van der Waals surface area (Å²) in [6, 6.07) is 10.9. The first-order chi connectivity index (χ1) is 13.3. The Hall–Kier alpha value is -1.32. The third-order valence-corrected chi connectivity index (χ3v) is 5.67. The van der Waals surface area contributed by atoms with Crippen LogP contribution in [-0.4, -0.2) is 13.2 Å². The fraction of sp³-hybridized carbons (Fsp3) is 0.542. The molecule has 1 heterocycles. The van der Waals surface area contributed by atoms with Gasteiger partial charge >= 0.3 is 0 Å². The van der Waals surface area contributed by atoms with E-state index in [0.29, 0.717) is 0 Å². The number of ether oxygens (including phenoxy) is 1. The van der Waals surface area contributed by atoms with Crippen molar-refractivity contribution in [3.63, 3.8) is 0 Å². The summed E-state index contributed by atoms with van der Waals surface area (Å²) in [5.74, 6) is 1.02. The number of nitrogens with one attached hydrogen (secondary N) is 1. The summed E-state index contributed by atoms with van der Waals surface area (Å²) in [7, 11) is 0. The number of rotatable bonds is 15. The smallest absolute Gasteiger partial charge is 0.127 e. The highest BCUT2D eigenvalue weighted by atomic mass is 32.1. The van der Waals surface area contributed by atoms with Crippen LogP contribution < -0.4 is 10.1 Å². The van der Waals surface area contributed by atoms with Gasteiger partial charge in [-0.15, -0.1) is 11.3 Å². The first-order valence-corrected chi connectivity index (χ1v) is 11.5. The summed E-state index contributed by atoms with van der Waals surface area (Å²) in [6.45, 7) is 8.80. The highest BCUT2D eigenvalue weighted by Gasteiger charge is 2.09. The van der Waals surface area contributed by atoms with Gasteiger partial charge in [0.25, 0.3) is 0 Å². The maximum absolute atomic E-state index is 6.16. The van der Waals surface area contributed by atoms with Crippen LogP contribution in [0.25, 0.3) is 10.4 Å². The Morgan fingerprint density at radius 2 is 1.78 bits per heavy atom. The molecule has 0 aliphatic rings. The lowest BCUT2D eigenvalue weighted by Gasteiger charge is -2.13. The molecule has 1 aromatic heterocycles. The Labute approximate surface area is 170 Å². The van der Waals surface area contributed by atoms with Gasteiger partial charge in [-0.05, 0) is 48.5 Å². The summed E-state index contributed by atoms with van der Waals surface area (Å²) in [5.41, 5.74) is 2.52. The molecule has 0 spiro atoms. The van der Waals surface area contributed by atoms with Crippen molar-refractivity contribution in [2.75, 3.05) is 13.2 Å². The molecule has 1 radical (unpaired) electrons. The minimum Gasteiger partial charge on any atom is -0.493 e. The van der Waals surface area contributed by atoms with Gasteiger partial charge in [-0.3, -0.25) is 0 Å². The quantitative estimate of drug-likeness (QED) is 0.325. The monoisotopic (exact) mass is 386 g/mol. The predicted molar refractivity (Wildman–Crippen MR) is 120 cm³/mol. The van der Waals surface area contributed by atoms with Crippen molar-refractivity contribution in [2.24, 2.45) is 0 Å². The highest BCUT2D eigenvalue weighted by Crippen LogP contribution is 2.34. The maximum atomic E-state index is 6.16. The van der Waals surface area contributed by atoms with Crippen LogP contribution in [0.4, 0.5) is 0 Å². The Morgan fingerprint density at radius 3 is 2.48 bits per heavy atom. The molecule has 27 heavy (non-hydrogen) atoms. The lowest BCUT2D eigenvalue weighted by atomic mass is 10.1. The van der Waals surface area contributed by atoms with E-state index in [2.05, 4.69) is 54.9 Å². The number of benzene rings is 1. The zero-order chi connectivity index (χ0) is 19.2. The molecule has 149 valence electrons. The van der Waals surface area contributed by atoms with E-state index in [1.165, 1.54) is 60.9 Å². The summed E-state index contributed by atoms with van der Waals surface area (Å²) in [5, 5.41) is 5.56. The molecular weight excluding hydrogens is 350 g/mol. The van der Waals surface area contributed by atoms with Crippen molar-refractivity contribution in [2.45, 2.75) is 71.3 Å². The van der Waals surface area contributed by atoms with Crippen molar-refractivity contribution in [1.29, 1.82) is 0 Å². The van der Waals surface area contributed by atoms with E-state index in [4.69, 9.17) is 4.74 Å². The molecule has 0 saturated carbocycles. The van der Waals surface area contributed by atoms with Crippen molar-refractivity contribution >= 4 is 11.3 Å². The summed E-state index contributed by atoms with van der Waals surface area (Å²) in [6.07, 6.45) is 11.5. The fourth-order valence-corrected chi connectivity index (χ4v) is 3.96. The molecule has 0 saturated heterocycles. The molecule has 0 bridgehead atoms. The van der Waals surface area contributed by atoms with E-state index in [-0.39, 0.29) is 0 Å². The van der Waals surface area contributed by atoms with Crippen LogP contribution in [0.1, 0.15) is 70.3 Å². The average Bonchev–Trinajstić information content (AvgIpc) is 3.22. The normalized spacial score (nSPS) is 11.0. The Balaban J connectivity index is 1.81. The SMILES string of the molecule is [CH2]CCNCc1ccc(OCCCCCCCCCC)c(-c2cccs2)c1. The molecule has 0 unspecified atom stereocenters. The number of hydrogen-bond donors (Lipinski definition) is 1. The molecular formula is C24H36NOS. The van der Waals surface area contributed by atoms with Gasteiger partial charge in [-0.2, -0.15) is 0 Å². The molecule has 2 nitrogen and oxygen atoms in total. The van der Waals surface area contributed by atoms with E-state index in [1.54, 1.807) is 11.3 Å². The highest BCUT2D eigenvalue weighted by molar-refractivity contribution is 7.13. The lowest BCUT2D eigenvalue weighted by molar-refractivity contribution is 0.305. The molecule has 2 rings (SSSR count). The van der Waals surface area contributed by atoms with E-state index in [1.807, 2.05) is 0 Å². The van der Waals surface area contributed by atoms with Gasteiger partial charge in [0.1, 0.15) is 5.75 Å². The third kappa shape index (κ3) is 8.49. The fourth-order valence-electron chi connectivity index (χ4n) is 3.21. The molecule has 0 aliphatic carbocycles. The average molecular weight is 387 g/mol. The Kier molecular flexibility index (Phi) is 11.2. The van der Waals surface area contributed by atoms with Crippen LogP contribution in [0.2, 0.25) is 0 Å². The second-order valence-corrected chi connectivity index (χ2v) is 8.11. The number of thiophene rings is 1. The lowest BCUT2D eigenvalue weighted by Crippen LogP contribution is -2.13. The summed E-state index contributed by atoms with van der Waals surface area (Å²) >= 11 is 1.77. The van der Waals surface area contributed by atoms with Crippen molar-refractivity contribution in [3.05, 3.63) is 48.2 Å². The van der Waals surface area contributed by atoms with Crippen LogP contribution in [0, 0.1) is 6.92 Å². The second-order valence-electron chi connectivity index (χ2n) is 7.16. The van der Waals surface area contributed by atoms with Gasteiger partial charge in [0.15, 0.2) is 0 Å². The van der Waals surface area contributed by atoms with Crippen LogP contribution in [-0.2, 0) is 6.54 Å². The summed E-state index contributed by atoms with van der Waals surface area (Å²) in [4.78, 5) is 1.28.